The molecule has 0 spiro atoms. The van der Waals surface area contributed by atoms with E-state index in [0.29, 0.717) is 6.42 Å². The smallest absolute Gasteiger partial charge is 0.190 e. The van der Waals surface area contributed by atoms with E-state index in [1.54, 1.807) is 0 Å². The van der Waals surface area contributed by atoms with Crippen LogP contribution in [-0.2, 0) is 0 Å². The Morgan fingerprint density at radius 3 is 2.25 bits per heavy atom. The Labute approximate surface area is 61.1 Å². The van der Waals surface area contributed by atoms with Crippen molar-refractivity contribution >= 4 is 22.6 Å². The van der Waals surface area contributed by atoms with E-state index in [1.807, 2.05) is 6.92 Å². The molecule has 0 saturated carbocycles. The van der Waals surface area contributed by atoms with E-state index >= 15 is 0 Å². The van der Waals surface area contributed by atoms with Crippen molar-refractivity contribution in [2.75, 3.05) is 0 Å². The molecule has 8 heavy (non-hydrogen) atoms. The molecular formula is C5H7F2I. The summed E-state index contributed by atoms with van der Waals surface area (Å²) in [5, 5.41) is 0. The summed E-state index contributed by atoms with van der Waals surface area (Å²) >= 11 is 1.08. The standard InChI is InChI=1S/C5H7F2I/c1-2-3-4-5(6,7)8/h3-4H,2H2,1H3. The normalized spacial score (nSPS) is 13.0. The van der Waals surface area contributed by atoms with Gasteiger partial charge >= 0.3 is 3.93 Å². The lowest BCUT2D eigenvalue weighted by molar-refractivity contribution is 0.183. The van der Waals surface area contributed by atoms with E-state index in [-0.39, 0.29) is 0 Å². The van der Waals surface area contributed by atoms with Gasteiger partial charge in [-0.05, 0) is 12.5 Å². The van der Waals surface area contributed by atoms with Gasteiger partial charge in [-0.3, -0.25) is 0 Å². The molecule has 0 aromatic rings. The zero-order chi connectivity index (χ0) is 6.62. The van der Waals surface area contributed by atoms with Crippen molar-refractivity contribution in [1.82, 2.24) is 0 Å². The van der Waals surface area contributed by atoms with E-state index in [9.17, 15) is 8.78 Å². The molecule has 0 unspecified atom stereocenters. The van der Waals surface area contributed by atoms with Gasteiger partial charge in [0, 0.05) is 22.6 Å². The van der Waals surface area contributed by atoms with Gasteiger partial charge in [-0.1, -0.05) is 13.0 Å². The monoisotopic (exact) mass is 232 g/mol. The van der Waals surface area contributed by atoms with Crippen molar-refractivity contribution in [3.8, 4) is 0 Å². The first-order chi connectivity index (χ1) is 3.56. The highest BCUT2D eigenvalue weighted by Gasteiger charge is 2.16. The Kier molecular flexibility index (Phi) is 3.51. The predicted molar refractivity (Wildman–Crippen MR) is 38.4 cm³/mol. The van der Waals surface area contributed by atoms with Crippen LogP contribution in [0.5, 0.6) is 0 Å². The Morgan fingerprint density at radius 1 is 1.62 bits per heavy atom. The van der Waals surface area contributed by atoms with Crippen LogP contribution in [0.1, 0.15) is 13.3 Å². The maximum Gasteiger partial charge on any atom is 0.314 e. The molecule has 0 amide bonds. The highest BCUT2D eigenvalue weighted by molar-refractivity contribution is 14.1. The Balaban J connectivity index is 3.52. The highest BCUT2D eigenvalue weighted by atomic mass is 127. The average molecular weight is 232 g/mol. The molecule has 0 rings (SSSR count). The van der Waals surface area contributed by atoms with E-state index < -0.39 is 3.93 Å². The van der Waals surface area contributed by atoms with Gasteiger partial charge in [0.1, 0.15) is 0 Å². The van der Waals surface area contributed by atoms with E-state index in [2.05, 4.69) is 0 Å². The van der Waals surface area contributed by atoms with E-state index in [1.165, 1.54) is 6.08 Å². The van der Waals surface area contributed by atoms with Gasteiger partial charge in [0.25, 0.3) is 0 Å². The van der Waals surface area contributed by atoms with Crippen LogP contribution in [0.3, 0.4) is 0 Å². The van der Waals surface area contributed by atoms with Crippen LogP contribution in [0, 0.1) is 0 Å². The van der Waals surface area contributed by atoms with Gasteiger partial charge in [-0.25, -0.2) is 0 Å². The molecule has 48 valence electrons. The molecule has 0 aliphatic carbocycles. The Morgan fingerprint density at radius 2 is 2.12 bits per heavy atom. The van der Waals surface area contributed by atoms with Crippen molar-refractivity contribution < 1.29 is 8.78 Å². The SMILES string of the molecule is CCC=CC(F)(F)I. The molecule has 0 radical (unpaired) electrons. The van der Waals surface area contributed by atoms with E-state index in [0.717, 1.165) is 28.7 Å². The summed E-state index contributed by atoms with van der Waals surface area (Å²) in [6.45, 7) is 1.82. The number of alkyl halides is 3. The first kappa shape index (κ1) is 8.33. The molecule has 0 heterocycles. The van der Waals surface area contributed by atoms with Crippen LogP contribution < -0.4 is 0 Å². The third-order valence-electron chi connectivity index (χ3n) is 0.543. The Bertz CT molecular complexity index is 82.9. The van der Waals surface area contributed by atoms with Crippen molar-refractivity contribution in [3.05, 3.63) is 12.2 Å². The second-order valence-corrected chi connectivity index (χ2v) is 2.79. The summed E-state index contributed by atoms with van der Waals surface area (Å²) in [6.07, 6.45) is 3.01. The van der Waals surface area contributed by atoms with Crippen molar-refractivity contribution in [1.29, 1.82) is 0 Å². The zero-order valence-corrected chi connectivity index (χ0v) is 6.65. The van der Waals surface area contributed by atoms with Crippen LogP contribution in [0.4, 0.5) is 8.78 Å². The summed E-state index contributed by atoms with van der Waals surface area (Å²) in [5.41, 5.74) is 0. The summed E-state index contributed by atoms with van der Waals surface area (Å²) in [6, 6.07) is 0. The molecule has 0 aliphatic rings. The second kappa shape index (κ2) is 3.37. The van der Waals surface area contributed by atoms with E-state index in [4.69, 9.17) is 0 Å². The lowest BCUT2D eigenvalue weighted by Gasteiger charge is -1.97. The number of allylic oxidation sites excluding steroid dienone is 2. The largest absolute Gasteiger partial charge is 0.314 e. The maximum absolute atomic E-state index is 11.8. The van der Waals surface area contributed by atoms with Crippen LogP contribution in [0.15, 0.2) is 12.2 Å². The van der Waals surface area contributed by atoms with Crippen LogP contribution in [0.25, 0.3) is 0 Å². The zero-order valence-electron chi connectivity index (χ0n) is 4.50. The number of hydrogen-bond donors (Lipinski definition) is 0. The number of hydrogen-bond acceptors (Lipinski definition) is 0. The van der Waals surface area contributed by atoms with Gasteiger partial charge in [-0.2, -0.15) is 8.78 Å². The minimum absolute atomic E-state index is 0.665. The van der Waals surface area contributed by atoms with Gasteiger partial charge in [0.15, 0.2) is 0 Å². The third kappa shape index (κ3) is 6.33. The first-order valence-electron chi connectivity index (χ1n) is 2.30. The lowest BCUT2D eigenvalue weighted by Crippen LogP contribution is -1.96. The predicted octanol–water partition coefficient (Wildman–Crippen LogP) is 2.98. The quantitative estimate of drug-likeness (QED) is 0.390. The molecule has 0 aliphatic heterocycles. The van der Waals surface area contributed by atoms with Crippen LogP contribution >= 0.6 is 22.6 Å². The average Bonchev–Trinajstić information content (AvgIpc) is 1.59. The fourth-order valence-corrected chi connectivity index (χ4v) is 0.506. The minimum Gasteiger partial charge on any atom is -0.190 e. The highest BCUT2D eigenvalue weighted by Crippen LogP contribution is 2.23. The molecule has 0 aromatic carbocycles. The summed E-state index contributed by atoms with van der Waals surface area (Å²) in [5.74, 6) is 0. The second-order valence-electron chi connectivity index (χ2n) is 1.35. The fourth-order valence-electron chi connectivity index (χ4n) is 0.251. The molecule has 0 N–H and O–H groups in total. The van der Waals surface area contributed by atoms with Gasteiger partial charge in [0.2, 0.25) is 0 Å². The third-order valence-corrected chi connectivity index (χ3v) is 0.902. The summed E-state index contributed by atoms with van der Waals surface area (Å²) in [7, 11) is 0. The molecule has 0 saturated heterocycles. The van der Waals surface area contributed by atoms with Gasteiger partial charge in [-0.15, -0.1) is 0 Å². The molecule has 0 atom stereocenters. The van der Waals surface area contributed by atoms with Crippen molar-refractivity contribution in [2.24, 2.45) is 0 Å². The molecule has 0 aromatic heterocycles. The van der Waals surface area contributed by atoms with Gasteiger partial charge in [0.05, 0.1) is 0 Å². The molecule has 0 nitrogen and oxygen atoms in total. The molecule has 3 heteroatoms. The minimum atomic E-state index is -2.66. The van der Waals surface area contributed by atoms with Crippen LogP contribution in [0.2, 0.25) is 0 Å². The summed E-state index contributed by atoms with van der Waals surface area (Å²) in [4.78, 5) is 0. The van der Waals surface area contributed by atoms with Crippen molar-refractivity contribution in [3.63, 3.8) is 0 Å². The molecule has 0 fully saturated rings. The van der Waals surface area contributed by atoms with Gasteiger partial charge < -0.3 is 0 Å². The summed E-state index contributed by atoms with van der Waals surface area (Å²) < 4.78 is 21.0. The van der Waals surface area contributed by atoms with Crippen LogP contribution in [-0.4, -0.2) is 3.93 Å². The molecule has 0 bridgehead atoms. The van der Waals surface area contributed by atoms with Crippen molar-refractivity contribution in [2.45, 2.75) is 17.3 Å². The molecular weight excluding hydrogens is 225 g/mol. The number of rotatable bonds is 2. The first-order valence-corrected chi connectivity index (χ1v) is 3.38. The maximum atomic E-state index is 11.8. The fraction of sp³-hybridized carbons (Fsp3) is 0.600. The lowest BCUT2D eigenvalue weighted by atomic mass is 10.4. The number of halogens is 3. The topological polar surface area (TPSA) is 0 Å². The Hall–Kier alpha value is 0.330.